The van der Waals surface area contributed by atoms with Crippen molar-refractivity contribution >= 4 is 11.6 Å². The zero-order valence-corrected chi connectivity index (χ0v) is 13.1. The van der Waals surface area contributed by atoms with Crippen LogP contribution in [0.15, 0.2) is 0 Å². The first-order valence-electron chi connectivity index (χ1n) is 8.06. The molecule has 3 N–H and O–H groups in total. The molecule has 1 aromatic rings. The summed E-state index contributed by atoms with van der Waals surface area (Å²) in [4.78, 5) is 14.2. The van der Waals surface area contributed by atoms with Crippen LogP contribution in [0.1, 0.15) is 37.6 Å². The molecule has 0 amide bonds. The molecule has 2 aliphatic heterocycles. The normalized spacial score (nSPS) is 23.0. The lowest BCUT2D eigenvalue weighted by atomic mass is 10.2. The second-order valence-corrected chi connectivity index (χ2v) is 6.07. The molecule has 6 heteroatoms. The van der Waals surface area contributed by atoms with Crippen molar-refractivity contribution in [1.29, 1.82) is 0 Å². The summed E-state index contributed by atoms with van der Waals surface area (Å²) in [7, 11) is 0. The number of aryl methyl sites for hydroxylation is 1. The molecule has 1 aromatic heterocycles. The van der Waals surface area contributed by atoms with Gasteiger partial charge in [0.05, 0.1) is 0 Å². The zero-order chi connectivity index (χ0) is 14.8. The van der Waals surface area contributed by atoms with Gasteiger partial charge in [0.15, 0.2) is 0 Å². The molecule has 0 bridgehead atoms. The van der Waals surface area contributed by atoms with Gasteiger partial charge in [-0.3, -0.25) is 4.90 Å². The summed E-state index contributed by atoms with van der Waals surface area (Å²) in [5.74, 6) is 8.26. The zero-order valence-electron chi connectivity index (χ0n) is 13.1. The smallest absolute Gasteiger partial charge is 0.148 e. The maximum Gasteiger partial charge on any atom is 0.148 e. The molecule has 2 aliphatic rings. The summed E-state index contributed by atoms with van der Waals surface area (Å²) in [5.41, 5.74) is 3.76. The fourth-order valence-electron chi connectivity index (χ4n) is 3.50. The highest BCUT2D eigenvalue weighted by Gasteiger charge is 2.31. The van der Waals surface area contributed by atoms with Gasteiger partial charge < -0.3 is 10.3 Å². The van der Waals surface area contributed by atoms with E-state index in [1.807, 2.05) is 6.92 Å². The summed E-state index contributed by atoms with van der Waals surface area (Å²) in [6, 6.07) is 0.682. The van der Waals surface area contributed by atoms with Crippen LogP contribution in [0.25, 0.3) is 0 Å². The Morgan fingerprint density at radius 3 is 2.67 bits per heavy atom. The lowest BCUT2D eigenvalue weighted by Gasteiger charge is -2.25. The van der Waals surface area contributed by atoms with E-state index in [-0.39, 0.29) is 0 Å². The predicted octanol–water partition coefficient (Wildman–Crippen LogP) is 1.31. The molecule has 3 heterocycles. The van der Waals surface area contributed by atoms with Gasteiger partial charge in [-0.2, -0.15) is 0 Å². The Hall–Kier alpha value is -1.40. The number of rotatable bonds is 4. The minimum absolute atomic E-state index is 0.682. The van der Waals surface area contributed by atoms with E-state index < -0.39 is 0 Å². The Morgan fingerprint density at radius 1 is 1.24 bits per heavy atom. The molecular formula is C15H26N6. The number of nitrogens with two attached hydrogens (primary N) is 1. The molecule has 116 valence electrons. The van der Waals surface area contributed by atoms with E-state index in [0.29, 0.717) is 6.04 Å². The number of anilines is 2. The molecule has 21 heavy (non-hydrogen) atoms. The van der Waals surface area contributed by atoms with Crippen molar-refractivity contribution in [2.75, 3.05) is 36.5 Å². The van der Waals surface area contributed by atoms with Crippen LogP contribution >= 0.6 is 0 Å². The summed E-state index contributed by atoms with van der Waals surface area (Å²) >= 11 is 0. The van der Waals surface area contributed by atoms with Gasteiger partial charge in [-0.15, -0.1) is 0 Å². The number of hydrazine groups is 1. The first kappa shape index (κ1) is 14.5. The predicted molar refractivity (Wildman–Crippen MR) is 85.4 cm³/mol. The average Bonchev–Trinajstić information content (AvgIpc) is 3.18. The minimum atomic E-state index is 0.682. The van der Waals surface area contributed by atoms with Crippen molar-refractivity contribution < 1.29 is 0 Å². The van der Waals surface area contributed by atoms with Crippen molar-refractivity contribution in [1.82, 2.24) is 14.9 Å². The molecule has 2 fully saturated rings. The monoisotopic (exact) mass is 290 g/mol. The first-order valence-corrected chi connectivity index (χ1v) is 8.06. The number of aromatic nitrogens is 2. The lowest BCUT2D eigenvalue weighted by molar-refractivity contribution is 0.260. The largest absolute Gasteiger partial charge is 0.355 e. The quantitative estimate of drug-likeness (QED) is 0.643. The maximum atomic E-state index is 5.60. The van der Waals surface area contributed by atoms with Crippen molar-refractivity contribution in [3.05, 3.63) is 11.4 Å². The van der Waals surface area contributed by atoms with Gasteiger partial charge in [-0.05, 0) is 39.3 Å². The lowest BCUT2D eigenvalue weighted by Crippen LogP contribution is -2.35. The molecule has 0 radical (unpaired) electrons. The molecule has 3 rings (SSSR count). The minimum Gasteiger partial charge on any atom is -0.355 e. The molecule has 0 saturated carbocycles. The van der Waals surface area contributed by atoms with E-state index in [4.69, 9.17) is 10.8 Å². The van der Waals surface area contributed by atoms with Crippen LogP contribution in [-0.2, 0) is 6.42 Å². The van der Waals surface area contributed by atoms with Crippen LogP contribution in [0.2, 0.25) is 0 Å². The third-order valence-electron chi connectivity index (χ3n) is 4.74. The van der Waals surface area contributed by atoms with E-state index in [1.165, 1.54) is 32.4 Å². The second kappa shape index (κ2) is 6.15. The number of likely N-dealkylation sites (tertiary alicyclic amines) is 1. The Kier molecular flexibility index (Phi) is 4.26. The topological polar surface area (TPSA) is 70.3 Å². The number of nitrogen functional groups attached to an aromatic ring is 1. The van der Waals surface area contributed by atoms with Crippen LogP contribution < -0.4 is 16.2 Å². The molecule has 1 atom stereocenters. The fourth-order valence-corrected chi connectivity index (χ4v) is 3.50. The van der Waals surface area contributed by atoms with Gasteiger partial charge >= 0.3 is 0 Å². The molecule has 1 unspecified atom stereocenters. The molecule has 2 saturated heterocycles. The Morgan fingerprint density at radius 2 is 2.00 bits per heavy atom. The van der Waals surface area contributed by atoms with Crippen LogP contribution in [-0.4, -0.2) is 47.1 Å². The van der Waals surface area contributed by atoms with Crippen LogP contribution in [0.5, 0.6) is 0 Å². The van der Waals surface area contributed by atoms with Crippen molar-refractivity contribution in [2.24, 2.45) is 5.84 Å². The van der Waals surface area contributed by atoms with Gasteiger partial charge in [0.25, 0.3) is 0 Å². The fraction of sp³-hybridized carbons (Fsp3) is 0.733. The highest BCUT2D eigenvalue weighted by molar-refractivity contribution is 5.58. The molecule has 0 aromatic carbocycles. The summed E-state index contributed by atoms with van der Waals surface area (Å²) < 4.78 is 0. The summed E-state index contributed by atoms with van der Waals surface area (Å²) in [6.07, 6.45) is 4.76. The average molecular weight is 290 g/mol. The first-order chi connectivity index (χ1) is 10.2. The summed E-state index contributed by atoms with van der Waals surface area (Å²) in [5, 5.41) is 0. The highest BCUT2D eigenvalue weighted by Crippen LogP contribution is 2.28. The van der Waals surface area contributed by atoms with Crippen LogP contribution in [0.4, 0.5) is 11.6 Å². The Labute approximate surface area is 126 Å². The van der Waals surface area contributed by atoms with Crippen LogP contribution in [0, 0.1) is 6.92 Å². The summed E-state index contributed by atoms with van der Waals surface area (Å²) in [6.45, 7) is 8.80. The van der Waals surface area contributed by atoms with Gasteiger partial charge in [0, 0.05) is 31.1 Å². The number of hydrogen-bond acceptors (Lipinski definition) is 6. The molecular weight excluding hydrogens is 264 g/mol. The van der Waals surface area contributed by atoms with Gasteiger partial charge in [-0.1, -0.05) is 6.92 Å². The third kappa shape index (κ3) is 2.82. The van der Waals surface area contributed by atoms with Crippen molar-refractivity contribution in [3.8, 4) is 0 Å². The Balaban J connectivity index is 1.80. The molecule has 6 nitrogen and oxygen atoms in total. The van der Waals surface area contributed by atoms with E-state index >= 15 is 0 Å². The van der Waals surface area contributed by atoms with E-state index in [2.05, 4.69) is 27.1 Å². The van der Waals surface area contributed by atoms with Gasteiger partial charge in [0.2, 0.25) is 0 Å². The molecule has 0 spiro atoms. The number of hydrogen-bond donors (Lipinski definition) is 2. The standard InChI is InChI=1S/C15H26N6/c1-3-13-17-14(19-16)11(2)15(18-13)21-9-6-12(10-21)20-7-4-5-8-20/h12H,3-10,16H2,1-2H3,(H,17,18,19). The van der Waals surface area contributed by atoms with E-state index in [0.717, 1.165) is 42.5 Å². The third-order valence-corrected chi connectivity index (χ3v) is 4.74. The maximum absolute atomic E-state index is 5.60. The second-order valence-electron chi connectivity index (χ2n) is 6.07. The molecule has 0 aliphatic carbocycles. The van der Waals surface area contributed by atoms with Crippen molar-refractivity contribution in [3.63, 3.8) is 0 Å². The number of nitrogens with one attached hydrogen (secondary N) is 1. The number of nitrogens with zero attached hydrogens (tertiary/aromatic N) is 4. The van der Waals surface area contributed by atoms with Gasteiger partial charge in [0.1, 0.15) is 17.5 Å². The van der Waals surface area contributed by atoms with E-state index in [9.17, 15) is 0 Å². The van der Waals surface area contributed by atoms with Gasteiger partial charge in [-0.25, -0.2) is 15.8 Å². The van der Waals surface area contributed by atoms with E-state index in [1.54, 1.807) is 0 Å². The highest BCUT2D eigenvalue weighted by atomic mass is 15.3. The van der Waals surface area contributed by atoms with Crippen molar-refractivity contribution in [2.45, 2.75) is 45.6 Å². The SMILES string of the molecule is CCc1nc(NN)c(C)c(N2CCC(N3CCCC3)C2)n1. The Bertz CT molecular complexity index is 497. The van der Waals surface area contributed by atoms with Crippen LogP contribution in [0.3, 0.4) is 0 Å².